The predicted molar refractivity (Wildman–Crippen MR) is 76.2 cm³/mol. The summed E-state index contributed by atoms with van der Waals surface area (Å²) in [6, 6.07) is 4.18. The standard InChI is InChI=1S/C15H21F3N2O/c1-2-20(10-13-4-3-7-21-13)12-5-6-14(15(16,17)18)11(8-12)9-19/h5-6,8,13H,2-4,7,9-10,19H2,1H3. The Bertz CT molecular complexity index is 470. The highest BCUT2D eigenvalue weighted by atomic mass is 19.4. The summed E-state index contributed by atoms with van der Waals surface area (Å²) in [5.41, 5.74) is 5.72. The van der Waals surface area contributed by atoms with E-state index < -0.39 is 11.7 Å². The average molecular weight is 302 g/mol. The summed E-state index contributed by atoms with van der Waals surface area (Å²) in [5.74, 6) is 0. The SMILES string of the molecule is CCN(CC1CCCO1)c1ccc(C(F)(F)F)c(CN)c1. The summed E-state index contributed by atoms with van der Waals surface area (Å²) in [7, 11) is 0. The van der Waals surface area contributed by atoms with Crippen molar-refractivity contribution in [3.63, 3.8) is 0 Å². The number of benzene rings is 1. The molecule has 1 aliphatic rings. The van der Waals surface area contributed by atoms with Gasteiger partial charge in [0, 0.05) is 31.9 Å². The molecule has 2 rings (SSSR count). The van der Waals surface area contributed by atoms with Crippen LogP contribution in [0.3, 0.4) is 0 Å². The molecule has 21 heavy (non-hydrogen) atoms. The van der Waals surface area contributed by atoms with Gasteiger partial charge < -0.3 is 15.4 Å². The molecule has 6 heteroatoms. The lowest BCUT2D eigenvalue weighted by molar-refractivity contribution is -0.138. The van der Waals surface area contributed by atoms with Crippen molar-refractivity contribution in [2.45, 2.75) is 38.6 Å². The van der Waals surface area contributed by atoms with E-state index >= 15 is 0 Å². The fraction of sp³-hybridized carbons (Fsp3) is 0.600. The van der Waals surface area contributed by atoms with Gasteiger partial charge in [-0.25, -0.2) is 0 Å². The molecule has 1 aromatic carbocycles. The van der Waals surface area contributed by atoms with E-state index in [9.17, 15) is 13.2 Å². The molecule has 1 saturated heterocycles. The Kier molecular flexibility index (Phi) is 5.11. The summed E-state index contributed by atoms with van der Waals surface area (Å²) in [6.07, 6.45) is -2.16. The van der Waals surface area contributed by atoms with Gasteiger partial charge in [-0.1, -0.05) is 0 Å². The van der Waals surface area contributed by atoms with E-state index in [4.69, 9.17) is 10.5 Å². The molecular formula is C15H21F3N2O. The maximum Gasteiger partial charge on any atom is 0.416 e. The molecule has 0 saturated carbocycles. The van der Waals surface area contributed by atoms with Crippen LogP contribution >= 0.6 is 0 Å². The van der Waals surface area contributed by atoms with Gasteiger partial charge in [0.25, 0.3) is 0 Å². The molecule has 1 aromatic rings. The van der Waals surface area contributed by atoms with Crippen LogP contribution < -0.4 is 10.6 Å². The van der Waals surface area contributed by atoms with E-state index in [0.29, 0.717) is 6.54 Å². The molecule has 1 heterocycles. The van der Waals surface area contributed by atoms with E-state index in [2.05, 4.69) is 0 Å². The first-order valence-corrected chi connectivity index (χ1v) is 7.22. The van der Waals surface area contributed by atoms with Gasteiger partial charge in [0.15, 0.2) is 0 Å². The Balaban J connectivity index is 2.21. The van der Waals surface area contributed by atoms with Gasteiger partial charge in [0.2, 0.25) is 0 Å². The fourth-order valence-electron chi connectivity index (χ4n) is 2.67. The van der Waals surface area contributed by atoms with Crippen molar-refractivity contribution >= 4 is 5.69 Å². The zero-order valence-electron chi connectivity index (χ0n) is 12.1. The van der Waals surface area contributed by atoms with E-state index in [1.54, 1.807) is 6.07 Å². The number of likely N-dealkylation sites (N-methyl/N-ethyl adjacent to an activating group) is 1. The molecule has 0 aromatic heterocycles. The maximum absolute atomic E-state index is 12.9. The third-order valence-corrected chi connectivity index (χ3v) is 3.81. The van der Waals surface area contributed by atoms with Gasteiger partial charge >= 0.3 is 6.18 Å². The number of halogens is 3. The minimum atomic E-state index is -4.36. The lowest BCUT2D eigenvalue weighted by Crippen LogP contribution is -2.32. The van der Waals surface area contributed by atoms with E-state index in [-0.39, 0.29) is 18.2 Å². The molecular weight excluding hydrogens is 281 g/mol. The maximum atomic E-state index is 12.9. The lowest BCUT2D eigenvalue weighted by atomic mass is 10.1. The first kappa shape index (κ1) is 16.1. The van der Waals surface area contributed by atoms with Crippen LogP contribution in [0.15, 0.2) is 18.2 Å². The number of nitrogens with two attached hydrogens (primary N) is 1. The van der Waals surface area contributed by atoms with Crippen LogP contribution in [0.5, 0.6) is 0 Å². The smallest absolute Gasteiger partial charge is 0.376 e. The fourth-order valence-corrected chi connectivity index (χ4v) is 2.67. The normalized spacial score (nSPS) is 19.0. The molecule has 118 valence electrons. The molecule has 1 unspecified atom stereocenters. The van der Waals surface area contributed by atoms with Gasteiger partial charge in [0.05, 0.1) is 11.7 Å². The first-order chi connectivity index (χ1) is 9.95. The van der Waals surface area contributed by atoms with E-state index in [0.717, 1.165) is 37.7 Å². The Morgan fingerprint density at radius 3 is 2.67 bits per heavy atom. The molecule has 0 radical (unpaired) electrons. The van der Waals surface area contributed by atoms with Crippen molar-refractivity contribution in [2.24, 2.45) is 5.73 Å². The molecule has 0 bridgehead atoms. The number of ether oxygens (including phenoxy) is 1. The summed E-state index contributed by atoms with van der Waals surface area (Å²) in [5, 5.41) is 0. The quantitative estimate of drug-likeness (QED) is 0.908. The highest BCUT2D eigenvalue weighted by Gasteiger charge is 2.33. The minimum absolute atomic E-state index is 0.125. The zero-order chi connectivity index (χ0) is 15.5. The molecule has 3 nitrogen and oxygen atoms in total. The molecule has 2 N–H and O–H groups in total. The average Bonchev–Trinajstić information content (AvgIpc) is 2.96. The molecule has 1 atom stereocenters. The topological polar surface area (TPSA) is 38.5 Å². The van der Waals surface area contributed by atoms with Crippen LogP contribution in [0.25, 0.3) is 0 Å². The summed E-state index contributed by atoms with van der Waals surface area (Å²) < 4.78 is 44.3. The van der Waals surface area contributed by atoms with Crippen LogP contribution in [0.1, 0.15) is 30.9 Å². The van der Waals surface area contributed by atoms with Gasteiger partial charge in [-0.3, -0.25) is 0 Å². The van der Waals surface area contributed by atoms with Gasteiger partial charge in [0.1, 0.15) is 0 Å². The van der Waals surface area contributed by atoms with Crippen molar-refractivity contribution in [1.82, 2.24) is 0 Å². The molecule has 0 aliphatic carbocycles. The Morgan fingerprint density at radius 1 is 1.38 bits per heavy atom. The third-order valence-electron chi connectivity index (χ3n) is 3.81. The summed E-state index contributed by atoms with van der Waals surface area (Å²) >= 11 is 0. The molecule has 1 fully saturated rings. The minimum Gasteiger partial charge on any atom is -0.376 e. The second-order valence-corrected chi connectivity index (χ2v) is 5.22. The number of hydrogen-bond donors (Lipinski definition) is 1. The molecule has 0 spiro atoms. The second-order valence-electron chi connectivity index (χ2n) is 5.22. The second kappa shape index (κ2) is 6.66. The predicted octanol–water partition coefficient (Wildman–Crippen LogP) is 3.17. The highest BCUT2D eigenvalue weighted by molar-refractivity contribution is 5.52. The highest BCUT2D eigenvalue weighted by Crippen LogP contribution is 2.34. The van der Waals surface area contributed by atoms with Crippen molar-refractivity contribution in [3.05, 3.63) is 29.3 Å². The van der Waals surface area contributed by atoms with E-state index in [1.165, 1.54) is 6.07 Å². The van der Waals surface area contributed by atoms with Crippen molar-refractivity contribution in [2.75, 3.05) is 24.6 Å². The van der Waals surface area contributed by atoms with Crippen LogP contribution in [-0.2, 0) is 17.5 Å². The van der Waals surface area contributed by atoms with Crippen molar-refractivity contribution in [1.29, 1.82) is 0 Å². The third kappa shape index (κ3) is 3.89. The lowest BCUT2D eigenvalue weighted by Gasteiger charge is -2.27. The van der Waals surface area contributed by atoms with Crippen LogP contribution in [0.4, 0.5) is 18.9 Å². The van der Waals surface area contributed by atoms with Gasteiger partial charge in [-0.2, -0.15) is 13.2 Å². The number of rotatable bonds is 5. The number of hydrogen-bond acceptors (Lipinski definition) is 3. The summed E-state index contributed by atoms with van der Waals surface area (Å²) in [4.78, 5) is 2.04. The van der Waals surface area contributed by atoms with E-state index in [1.807, 2.05) is 11.8 Å². The zero-order valence-corrected chi connectivity index (χ0v) is 12.1. The van der Waals surface area contributed by atoms with Gasteiger partial charge in [-0.15, -0.1) is 0 Å². The summed E-state index contributed by atoms with van der Waals surface area (Å²) in [6.45, 7) is 4.04. The van der Waals surface area contributed by atoms with Crippen LogP contribution in [-0.4, -0.2) is 25.8 Å². The first-order valence-electron chi connectivity index (χ1n) is 7.22. The Labute approximate surface area is 122 Å². The Hall–Kier alpha value is -1.27. The van der Waals surface area contributed by atoms with Crippen molar-refractivity contribution in [3.8, 4) is 0 Å². The number of anilines is 1. The Morgan fingerprint density at radius 2 is 2.14 bits per heavy atom. The molecule has 0 amide bonds. The monoisotopic (exact) mass is 302 g/mol. The van der Waals surface area contributed by atoms with Crippen LogP contribution in [0.2, 0.25) is 0 Å². The van der Waals surface area contributed by atoms with Gasteiger partial charge in [-0.05, 0) is 43.5 Å². The largest absolute Gasteiger partial charge is 0.416 e. The molecule has 1 aliphatic heterocycles. The van der Waals surface area contributed by atoms with Crippen molar-refractivity contribution < 1.29 is 17.9 Å². The number of nitrogens with zero attached hydrogens (tertiary/aromatic N) is 1. The van der Waals surface area contributed by atoms with Crippen LogP contribution in [0, 0.1) is 0 Å². The number of alkyl halides is 3.